The standard InChI is InChI=1S/C13H13F2NO4/c14-8-1-2-10(11(15)5-8)13(19)16-3-4-20-7-9(16)6-12(17)18/h1-2,5,9H,3-4,6-7H2,(H,17,18). The van der Waals surface area contributed by atoms with E-state index < -0.39 is 29.6 Å². The third-order valence-electron chi connectivity index (χ3n) is 3.06. The molecular weight excluding hydrogens is 272 g/mol. The van der Waals surface area contributed by atoms with E-state index in [0.717, 1.165) is 12.1 Å². The van der Waals surface area contributed by atoms with Crippen molar-refractivity contribution >= 4 is 11.9 Å². The number of carbonyl (C=O) groups is 2. The molecular formula is C13H13F2NO4. The summed E-state index contributed by atoms with van der Waals surface area (Å²) in [6, 6.07) is 2.02. The van der Waals surface area contributed by atoms with Gasteiger partial charge in [-0.15, -0.1) is 0 Å². The van der Waals surface area contributed by atoms with Gasteiger partial charge in [-0.2, -0.15) is 0 Å². The van der Waals surface area contributed by atoms with E-state index in [-0.39, 0.29) is 31.7 Å². The molecule has 108 valence electrons. The number of aliphatic carboxylic acids is 1. The summed E-state index contributed by atoms with van der Waals surface area (Å²) in [7, 11) is 0. The molecule has 1 fully saturated rings. The van der Waals surface area contributed by atoms with E-state index in [1.165, 1.54) is 4.90 Å². The smallest absolute Gasteiger partial charge is 0.305 e. The Bertz CT molecular complexity index is 535. The lowest BCUT2D eigenvalue weighted by molar-refractivity contribution is -0.139. The molecule has 0 saturated carbocycles. The second-order valence-electron chi connectivity index (χ2n) is 4.45. The average molecular weight is 285 g/mol. The Balaban J connectivity index is 2.22. The van der Waals surface area contributed by atoms with Gasteiger partial charge in [-0.05, 0) is 12.1 Å². The van der Waals surface area contributed by atoms with Crippen molar-refractivity contribution in [2.45, 2.75) is 12.5 Å². The average Bonchev–Trinajstić information content (AvgIpc) is 2.38. The van der Waals surface area contributed by atoms with Crippen LogP contribution in [0.25, 0.3) is 0 Å². The minimum absolute atomic E-state index is 0.0842. The SMILES string of the molecule is O=C(O)CC1COCCN1C(=O)c1ccc(F)cc1F. The lowest BCUT2D eigenvalue weighted by atomic mass is 10.1. The van der Waals surface area contributed by atoms with Crippen molar-refractivity contribution < 1.29 is 28.2 Å². The van der Waals surface area contributed by atoms with Gasteiger partial charge >= 0.3 is 5.97 Å². The molecule has 1 heterocycles. The zero-order valence-corrected chi connectivity index (χ0v) is 10.5. The highest BCUT2D eigenvalue weighted by Gasteiger charge is 2.31. The molecule has 1 atom stereocenters. The van der Waals surface area contributed by atoms with Crippen LogP contribution in [0.1, 0.15) is 16.8 Å². The van der Waals surface area contributed by atoms with Crippen molar-refractivity contribution in [3.63, 3.8) is 0 Å². The molecule has 0 radical (unpaired) electrons. The third kappa shape index (κ3) is 3.11. The molecule has 0 bridgehead atoms. The Labute approximate surface area is 113 Å². The lowest BCUT2D eigenvalue weighted by Gasteiger charge is -2.34. The quantitative estimate of drug-likeness (QED) is 0.908. The van der Waals surface area contributed by atoms with Crippen molar-refractivity contribution in [2.75, 3.05) is 19.8 Å². The first-order valence-electron chi connectivity index (χ1n) is 6.04. The summed E-state index contributed by atoms with van der Waals surface area (Å²) >= 11 is 0. The van der Waals surface area contributed by atoms with Crippen LogP contribution in [-0.2, 0) is 9.53 Å². The Morgan fingerprint density at radius 1 is 1.40 bits per heavy atom. The first-order valence-corrected chi connectivity index (χ1v) is 6.04. The second-order valence-corrected chi connectivity index (χ2v) is 4.45. The predicted molar refractivity (Wildman–Crippen MR) is 64.3 cm³/mol. The molecule has 1 N–H and O–H groups in total. The van der Waals surface area contributed by atoms with E-state index in [1.807, 2.05) is 0 Å². The molecule has 1 unspecified atom stereocenters. The van der Waals surface area contributed by atoms with Crippen LogP contribution in [0.15, 0.2) is 18.2 Å². The van der Waals surface area contributed by atoms with Crippen molar-refractivity contribution in [1.29, 1.82) is 0 Å². The van der Waals surface area contributed by atoms with Crippen molar-refractivity contribution in [3.05, 3.63) is 35.4 Å². The fraction of sp³-hybridized carbons (Fsp3) is 0.385. The van der Waals surface area contributed by atoms with E-state index in [4.69, 9.17) is 9.84 Å². The molecule has 2 rings (SSSR count). The van der Waals surface area contributed by atoms with Crippen LogP contribution in [0.4, 0.5) is 8.78 Å². The summed E-state index contributed by atoms with van der Waals surface area (Å²) in [5.74, 6) is -3.46. The number of nitrogens with zero attached hydrogens (tertiary/aromatic N) is 1. The largest absolute Gasteiger partial charge is 0.481 e. The number of benzene rings is 1. The van der Waals surface area contributed by atoms with Crippen LogP contribution < -0.4 is 0 Å². The topological polar surface area (TPSA) is 66.8 Å². The van der Waals surface area contributed by atoms with Crippen molar-refractivity contribution in [2.24, 2.45) is 0 Å². The highest BCUT2D eigenvalue weighted by Crippen LogP contribution is 2.18. The highest BCUT2D eigenvalue weighted by atomic mass is 19.1. The van der Waals surface area contributed by atoms with Gasteiger partial charge in [-0.25, -0.2) is 8.78 Å². The number of hydrogen-bond donors (Lipinski definition) is 1. The van der Waals surface area contributed by atoms with Crippen molar-refractivity contribution in [3.8, 4) is 0 Å². The summed E-state index contributed by atoms with van der Waals surface area (Å²) < 4.78 is 31.6. The van der Waals surface area contributed by atoms with E-state index in [2.05, 4.69) is 0 Å². The number of rotatable bonds is 3. The number of ether oxygens (including phenoxy) is 1. The van der Waals surface area contributed by atoms with Crippen molar-refractivity contribution in [1.82, 2.24) is 4.90 Å². The second kappa shape index (κ2) is 5.96. The first kappa shape index (κ1) is 14.4. The summed E-state index contributed by atoms with van der Waals surface area (Å²) in [4.78, 5) is 24.3. The number of hydrogen-bond acceptors (Lipinski definition) is 3. The van der Waals surface area contributed by atoms with Crippen LogP contribution >= 0.6 is 0 Å². The van der Waals surface area contributed by atoms with Crippen LogP contribution in [0, 0.1) is 11.6 Å². The Morgan fingerprint density at radius 2 is 2.15 bits per heavy atom. The molecule has 1 aliphatic heterocycles. The summed E-state index contributed by atoms with van der Waals surface area (Å²) in [6.07, 6.45) is -0.283. The van der Waals surface area contributed by atoms with Gasteiger partial charge in [0, 0.05) is 12.6 Å². The normalized spacial score (nSPS) is 18.9. The van der Waals surface area contributed by atoms with Gasteiger partial charge in [0.1, 0.15) is 11.6 Å². The molecule has 1 amide bonds. The zero-order valence-electron chi connectivity index (χ0n) is 10.5. The minimum Gasteiger partial charge on any atom is -0.481 e. The summed E-state index contributed by atoms with van der Waals surface area (Å²) in [5.41, 5.74) is -0.274. The van der Waals surface area contributed by atoms with E-state index in [0.29, 0.717) is 6.07 Å². The number of carboxylic acids is 1. The number of carboxylic acid groups (broad SMARTS) is 1. The number of carbonyl (C=O) groups excluding carboxylic acids is 1. The molecule has 0 spiro atoms. The van der Waals surface area contributed by atoms with E-state index >= 15 is 0 Å². The molecule has 5 nitrogen and oxygen atoms in total. The van der Waals surface area contributed by atoms with Crippen LogP contribution in [0.3, 0.4) is 0 Å². The van der Waals surface area contributed by atoms with Gasteiger partial charge < -0.3 is 14.7 Å². The van der Waals surface area contributed by atoms with Crippen LogP contribution in [0.2, 0.25) is 0 Å². The van der Waals surface area contributed by atoms with Gasteiger partial charge in [-0.3, -0.25) is 9.59 Å². The maximum Gasteiger partial charge on any atom is 0.305 e. The molecule has 1 saturated heterocycles. The van der Waals surface area contributed by atoms with Gasteiger partial charge in [-0.1, -0.05) is 0 Å². The fourth-order valence-electron chi connectivity index (χ4n) is 2.11. The maximum absolute atomic E-state index is 13.6. The number of halogens is 2. The molecule has 1 aliphatic rings. The Hall–Kier alpha value is -2.02. The first-order chi connectivity index (χ1) is 9.49. The fourth-order valence-corrected chi connectivity index (χ4v) is 2.11. The van der Waals surface area contributed by atoms with Crippen LogP contribution in [0.5, 0.6) is 0 Å². The predicted octanol–water partition coefficient (Wildman–Crippen LogP) is 1.28. The number of amides is 1. The van der Waals surface area contributed by atoms with Gasteiger partial charge in [0.25, 0.3) is 5.91 Å². The zero-order chi connectivity index (χ0) is 14.7. The minimum atomic E-state index is -1.07. The Morgan fingerprint density at radius 3 is 2.80 bits per heavy atom. The molecule has 1 aromatic carbocycles. The highest BCUT2D eigenvalue weighted by molar-refractivity contribution is 5.95. The molecule has 0 aliphatic carbocycles. The molecule has 20 heavy (non-hydrogen) atoms. The monoisotopic (exact) mass is 285 g/mol. The molecule has 1 aromatic rings. The molecule has 7 heteroatoms. The van der Waals surface area contributed by atoms with E-state index in [9.17, 15) is 18.4 Å². The third-order valence-corrected chi connectivity index (χ3v) is 3.06. The van der Waals surface area contributed by atoms with Gasteiger partial charge in [0.15, 0.2) is 0 Å². The summed E-state index contributed by atoms with van der Waals surface area (Å²) in [5, 5.41) is 8.81. The van der Waals surface area contributed by atoms with E-state index in [1.54, 1.807) is 0 Å². The molecule has 0 aromatic heterocycles. The maximum atomic E-state index is 13.6. The van der Waals surface area contributed by atoms with Crippen LogP contribution in [-0.4, -0.2) is 47.7 Å². The van der Waals surface area contributed by atoms with Gasteiger partial charge in [0.2, 0.25) is 0 Å². The lowest BCUT2D eigenvalue weighted by Crippen LogP contribution is -2.49. The Kier molecular flexibility index (Phi) is 4.29. The summed E-state index contributed by atoms with van der Waals surface area (Å²) in [6.45, 7) is 0.513. The number of morpholine rings is 1. The van der Waals surface area contributed by atoms with Gasteiger partial charge in [0.05, 0.1) is 31.2 Å².